The minimum atomic E-state index is -0.0208. The summed E-state index contributed by atoms with van der Waals surface area (Å²) < 4.78 is 10.4. The van der Waals surface area contributed by atoms with Gasteiger partial charge in [0.2, 0.25) is 5.91 Å². The average Bonchev–Trinajstić information content (AvgIpc) is 2.43. The number of amides is 1. The number of carbonyl (C=O) groups excluding carboxylic acids is 1. The molecular weight excluding hydrogens is 246 g/mol. The van der Waals surface area contributed by atoms with Crippen molar-refractivity contribution in [1.29, 1.82) is 0 Å². The van der Waals surface area contributed by atoms with Gasteiger partial charge in [0.1, 0.15) is 11.5 Å². The van der Waals surface area contributed by atoms with E-state index in [-0.39, 0.29) is 5.91 Å². The highest BCUT2D eigenvalue weighted by Crippen LogP contribution is 2.25. The topological polar surface area (TPSA) is 71.6 Å². The molecular formula is C13H21N3O3. The molecule has 0 aliphatic heterocycles. The lowest BCUT2D eigenvalue weighted by atomic mass is 10.2. The smallest absolute Gasteiger partial charge is 0.234 e. The van der Waals surface area contributed by atoms with Crippen LogP contribution in [-0.4, -0.2) is 46.8 Å². The van der Waals surface area contributed by atoms with Gasteiger partial charge in [0.15, 0.2) is 0 Å². The fourth-order valence-electron chi connectivity index (χ4n) is 1.54. The minimum absolute atomic E-state index is 0.0208. The number of hydrogen-bond donors (Lipinski definition) is 3. The van der Waals surface area contributed by atoms with Crippen molar-refractivity contribution in [2.24, 2.45) is 0 Å². The van der Waals surface area contributed by atoms with E-state index in [4.69, 9.17) is 9.47 Å². The van der Waals surface area contributed by atoms with Crippen molar-refractivity contribution in [3.05, 3.63) is 18.2 Å². The molecule has 106 valence electrons. The second-order valence-corrected chi connectivity index (χ2v) is 3.91. The van der Waals surface area contributed by atoms with Crippen LogP contribution in [0.4, 0.5) is 5.69 Å². The second-order valence-electron chi connectivity index (χ2n) is 3.91. The molecule has 6 nitrogen and oxygen atoms in total. The van der Waals surface area contributed by atoms with E-state index in [1.54, 1.807) is 27.3 Å². The number of hydrogen-bond acceptors (Lipinski definition) is 5. The Hall–Kier alpha value is -1.95. The Bertz CT molecular complexity index is 388. The third-order valence-corrected chi connectivity index (χ3v) is 2.47. The summed E-state index contributed by atoms with van der Waals surface area (Å²) in [5.74, 6) is 1.43. The molecule has 0 radical (unpaired) electrons. The molecule has 0 unspecified atom stereocenters. The lowest BCUT2D eigenvalue weighted by molar-refractivity contribution is -0.120. The van der Waals surface area contributed by atoms with E-state index in [9.17, 15) is 4.79 Å². The van der Waals surface area contributed by atoms with E-state index in [2.05, 4.69) is 16.0 Å². The summed E-state index contributed by atoms with van der Waals surface area (Å²) in [5.41, 5.74) is 0.888. The average molecular weight is 267 g/mol. The normalized spacial score (nSPS) is 9.84. The van der Waals surface area contributed by atoms with Crippen LogP contribution in [-0.2, 0) is 4.79 Å². The Morgan fingerprint density at radius 1 is 1.11 bits per heavy atom. The molecule has 0 atom stereocenters. The predicted octanol–water partition coefficient (Wildman–Crippen LogP) is 0.451. The van der Waals surface area contributed by atoms with Gasteiger partial charge in [-0.1, -0.05) is 0 Å². The quantitative estimate of drug-likeness (QED) is 0.597. The SMILES string of the molecule is CNCC(=O)NCCNc1cc(OC)cc(OC)c1. The van der Waals surface area contributed by atoms with E-state index in [1.807, 2.05) is 12.1 Å². The number of methoxy groups -OCH3 is 2. The van der Waals surface area contributed by atoms with Gasteiger partial charge in [0.05, 0.1) is 20.8 Å². The minimum Gasteiger partial charge on any atom is -0.497 e. The van der Waals surface area contributed by atoms with Crippen molar-refractivity contribution in [2.45, 2.75) is 0 Å². The maximum atomic E-state index is 11.2. The first-order valence-electron chi connectivity index (χ1n) is 6.08. The summed E-state index contributed by atoms with van der Waals surface area (Å²) in [6.07, 6.45) is 0. The van der Waals surface area contributed by atoms with Crippen molar-refractivity contribution in [3.8, 4) is 11.5 Å². The van der Waals surface area contributed by atoms with E-state index in [0.717, 1.165) is 17.2 Å². The number of anilines is 1. The fraction of sp³-hybridized carbons (Fsp3) is 0.462. The summed E-state index contributed by atoms with van der Waals surface area (Å²) >= 11 is 0. The van der Waals surface area contributed by atoms with Crippen LogP contribution < -0.4 is 25.4 Å². The first-order chi connectivity index (χ1) is 9.19. The molecule has 0 aliphatic carbocycles. The molecule has 0 saturated heterocycles. The van der Waals surface area contributed by atoms with Gasteiger partial charge in [-0.25, -0.2) is 0 Å². The van der Waals surface area contributed by atoms with Gasteiger partial charge in [-0.15, -0.1) is 0 Å². The third kappa shape index (κ3) is 5.48. The van der Waals surface area contributed by atoms with Crippen molar-refractivity contribution in [2.75, 3.05) is 46.2 Å². The number of rotatable bonds is 8. The molecule has 1 aromatic rings. The first-order valence-corrected chi connectivity index (χ1v) is 6.08. The van der Waals surface area contributed by atoms with Crippen LogP contribution in [0.25, 0.3) is 0 Å². The van der Waals surface area contributed by atoms with Gasteiger partial charge in [0, 0.05) is 37.0 Å². The molecule has 0 spiro atoms. The zero-order valence-corrected chi connectivity index (χ0v) is 11.6. The van der Waals surface area contributed by atoms with Crippen LogP contribution in [0.2, 0.25) is 0 Å². The summed E-state index contributed by atoms with van der Waals surface area (Å²) in [6.45, 7) is 1.51. The molecule has 1 amide bonds. The fourth-order valence-corrected chi connectivity index (χ4v) is 1.54. The van der Waals surface area contributed by atoms with E-state index < -0.39 is 0 Å². The number of benzene rings is 1. The van der Waals surface area contributed by atoms with Gasteiger partial charge in [0.25, 0.3) is 0 Å². The molecule has 6 heteroatoms. The molecule has 0 aliphatic rings. The molecule has 0 fully saturated rings. The molecule has 0 bridgehead atoms. The van der Waals surface area contributed by atoms with Gasteiger partial charge < -0.3 is 25.4 Å². The maximum Gasteiger partial charge on any atom is 0.234 e. The lowest BCUT2D eigenvalue weighted by Crippen LogP contribution is -2.35. The molecule has 1 aromatic carbocycles. The van der Waals surface area contributed by atoms with E-state index in [0.29, 0.717) is 19.6 Å². The van der Waals surface area contributed by atoms with Crippen LogP contribution >= 0.6 is 0 Å². The van der Waals surface area contributed by atoms with Crippen LogP contribution in [0.3, 0.4) is 0 Å². The monoisotopic (exact) mass is 267 g/mol. The summed E-state index contributed by atoms with van der Waals surface area (Å²) in [7, 11) is 4.95. The standard InChI is InChI=1S/C13H21N3O3/c1-14-9-13(17)16-5-4-15-10-6-11(18-2)8-12(7-10)19-3/h6-8,14-15H,4-5,9H2,1-3H3,(H,16,17). The van der Waals surface area contributed by atoms with Crippen LogP contribution in [0.1, 0.15) is 0 Å². The maximum absolute atomic E-state index is 11.2. The van der Waals surface area contributed by atoms with Crippen molar-refractivity contribution in [1.82, 2.24) is 10.6 Å². The van der Waals surface area contributed by atoms with Crippen molar-refractivity contribution in [3.63, 3.8) is 0 Å². The largest absolute Gasteiger partial charge is 0.497 e. The van der Waals surface area contributed by atoms with E-state index in [1.165, 1.54) is 0 Å². The first kappa shape index (κ1) is 15.1. The number of ether oxygens (including phenoxy) is 2. The highest BCUT2D eigenvalue weighted by atomic mass is 16.5. The zero-order chi connectivity index (χ0) is 14.1. The lowest BCUT2D eigenvalue weighted by Gasteiger charge is -2.11. The van der Waals surface area contributed by atoms with Crippen LogP contribution in [0, 0.1) is 0 Å². The highest BCUT2D eigenvalue weighted by molar-refractivity contribution is 5.77. The predicted molar refractivity (Wildman–Crippen MR) is 75.0 cm³/mol. The van der Waals surface area contributed by atoms with Gasteiger partial charge in [-0.2, -0.15) is 0 Å². The van der Waals surface area contributed by atoms with Crippen LogP contribution in [0.15, 0.2) is 18.2 Å². The van der Waals surface area contributed by atoms with Gasteiger partial charge in [-0.3, -0.25) is 4.79 Å². The molecule has 19 heavy (non-hydrogen) atoms. The van der Waals surface area contributed by atoms with E-state index >= 15 is 0 Å². The van der Waals surface area contributed by atoms with Crippen LogP contribution in [0.5, 0.6) is 11.5 Å². The second kappa shape index (κ2) is 8.20. The molecule has 1 rings (SSSR count). The summed E-state index contributed by atoms with van der Waals surface area (Å²) in [5, 5.41) is 8.77. The number of likely N-dealkylation sites (N-methyl/N-ethyl adjacent to an activating group) is 1. The number of carbonyl (C=O) groups is 1. The Morgan fingerprint density at radius 3 is 2.26 bits per heavy atom. The third-order valence-electron chi connectivity index (χ3n) is 2.47. The molecule has 0 saturated carbocycles. The Morgan fingerprint density at radius 2 is 1.74 bits per heavy atom. The van der Waals surface area contributed by atoms with Gasteiger partial charge in [-0.05, 0) is 7.05 Å². The number of nitrogens with one attached hydrogen (secondary N) is 3. The molecule has 3 N–H and O–H groups in total. The summed E-state index contributed by atoms with van der Waals surface area (Å²) in [4.78, 5) is 11.2. The highest BCUT2D eigenvalue weighted by Gasteiger charge is 2.02. The van der Waals surface area contributed by atoms with Gasteiger partial charge >= 0.3 is 0 Å². The Balaban J connectivity index is 2.42. The Kier molecular flexibility index (Phi) is 6.52. The zero-order valence-electron chi connectivity index (χ0n) is 11.6. The molecule has 0 heterocycles. The Labute approximate surface area is 113 Å². The molecule has 0 aromatic heterocycles. The van der Waals surface area contributed by atoms with Crippen molar-refractivity contribution < 1.29 is 14.3 Å². The summed E-state index contributed by atoms with van der Waals surface area (Å²) in [6, 6.07) is 5.55. The van der Waals surface area contributed by atoms with Crippen molar-refractivity contribution >= 4 is 11.6 Å².